The molecule has 2 aliphatic heterocycles. The molecule has 2 amide bonds. The summed E-state index contributed by atoms with van der Waals surface area (Å²) < 4.78 is 0. The molecule has 3 rings (SSSR count). The van der Waals surface area contributed by atoms with Crippen molar-refractivity contribution in [3.05, 3.63) is 39.4 Å². The highest BCUT2D eigenvalue weighted by Gasteiger charge is 2.41. The molecule has 0 radical (unpaired) electrons. The number of carbonyl (C=O) groups is 2. The van der Waals surface area contributed by atoms with Crippen LogP contribution < -0.4 is 0 Å². The van der Waals surface area contributed by atoms with E-state index in [4.69, 9.17) is 0 Å². The van der Waals surface area contributed by atoms with Gasteiger partial charge in [-0.3, -0.25) is 29.5 Å². The van der Waals surface area contributed by atoms with Crippen molar-refractivity contribution in [3.63, 3.8) is 0 Å². The third-order valence-electron chi connectivity index (χ3n) is 4.39. The van der Waals surface area contributed by atoms with Gasteiger partial charge in [0.1, 0.15) is 5.56 Å². The average molecular weight is 303 g/mol. The first-order valence-corrected chi connectivity index (χ1v) is 7.35. The molecule has 2 aliphatic rings. The lowest BCUT2D eigenvalue weighted by molar-refractivity contribution is -0.385. The van der Waals surface area contributed by atoms with E-state index in [2.05, 4.69) is 6.92 Å². The highest BCUT2D eigenvalue weighted by Crippen LogP contribution is 2.31. The molecule has 0 spiro atoms. The van der Waals surface area contributed by atoms with Crippen LogP contribution in [0.2, 0.25) is 0 Å². The first-order valence-electron chi connectivity index (χ1n) is 7.35. The predicted octanol–water partition coefficient (Wildman–Crippen LogP) is 1.88. The summed E-state index contributed by atoms with van der Waals surface area (Å²) in [4.78, 5) is 38.4. The van der Waals surface area contributed by atoms with Crippen molar-refractivity contribution >= 4 is 17.5 Å². The number of hydrogen-bond donors (Lipinski definition) is 0. The molecule has 0 unspecified atom stereocenters. The van der Waals surface area contributed by atoms with Crippen LogP contribution in [0.3, 0.4) is 0 Å². The maximum Gasteiger partial charge on any atom is 0.282 e. The normalized spacial score (nSPS) is 19.6. The summed E-state index contributed by atoms with van der Waals surface area (Å²) in [6, 6.07) is 4.17. The Labute approximate surface area is 127 Å². The fraction of sp³-hybridized carbons (Fsp3) is 0.467. The second-order valence-corrected chi connectivity index (χ2v) is 5.94. The molecule has 1 fully saturated rings. The minimum Gasteiger partial charge on any atom is -0.286 e. The minimum atomic E-state index is -0.615. The van der Waals surface area contributed by atoms with Crippen molar-refractivity contribution in [2.24, 2.45) is 5.92 Å². The molecule has 0 bridgehead atoms. The van der Waals surface area contributed by atoms with Gasteiger partial charge >= 0.3 is 0 Å². The van der Waals surface area contributed by atoms with Crippen molar-refractivity contribution in [3.8, 4) is 0 Å². The van der Waals surface area contributed by atoms with Crippen molar-refractivity contribution in [2.75, 3.05) is 19.8 Å². The van der Waals surface area contributed by atoms with Crippen LogP contribution in [0.1, 0.15) is 40.5 Å². The summed E-state index contributed by atoms with van der Waals surface area (Å²) in [5.41, 5.74) is -0.252. The Bertz CT molecular complexity index is 650. The van der Waals surface area contributed by atoms with Crippen LogP contribution in [-0.4, -0.2) is 46.3 Å². The molecule has 1 aromatic rings. The molecule has 1 saturated heterocycles. The highest BCUT2D eigenvalue weighted by molar-refractivity contribution is 6.23. The van der Waals surface area contributed by atoms with Crippen molar-refractivity contribution in [1.29, 1.82) is 0 Å². The fourth-order valence-electron chi connectivity index (χ4n) is 3.00. The van der Waals surface area contributed by atoms with Gasteiger partial charge in [-0.25, -0.2) is 0 Å². The van der Waals surface area contributed by atoms with Gasteiger partial charge in [-0.15, -0.1) is 0 Å². The van der Waals surface area contributed by atoms with Gasteiger partial charge in [-0.1, -0.05) is 13.0 Å². The summed E-state index contributed by atoms with van der Waals surface area (Å²) in [6.07, 6.45) is 2.06. The zero-order valence-electron chi connectivity index (χ0n) is 12.3. The first kappa shape index (κ1) is 14.6. The van der Waals surface area contributed by atoms with E-state index in [0.29, 0.717) is 5.92 Å². The van der Waals surface area contributed by atoms with Crippen LogP contribution in [-0.2, 0) is 0 Å². The monoisotopic (exact) mass is 303 g/mol. The summed E-state index contributed by atoms with van der Waals surface area (Å²) >= 11 is 0. The Balaban J connectivity index is 1.84. The number of amides is 2. The average Bonchev–Trinajstić information content (AvgIpc) is 2.74. The second kappa shape index (κ2) is 5.49. The third kappa shape index (κ3) is 2.37. The molecule has 0 N–H and O–H groups in total. The van der Waals surface area contributed by atoms with Crippen LogP contribution in [0.15, 0.2) is 18.2 Å². The summed E-state index contributed by atoms with van der Waals surface area (Å²) in [5, 5.41) is 11.1. The zero-order valence-corrected chi connectivity index (χ0v) is 12.3. The predicted molar refractivity (Wildman–Crippen MR) is 78.4 cm³/mol. The second-order valence-electron chi connectivity index (χ2n) is 5.94. The minimum absolute atomic E-state index is 0.0807. The van der Waals surface area contributed by atoms with Gasteiger partial charge in [-0.05, 0) is 24.8 Å². The van der Waals surface area contributed by atoms with Gasteiger partial charge in [-0.2, -0.15) is 0 Å². The summed E-state index contributed by atoms with van der Waals surface area (Å²) in [7, 11) is 0. The number of imide groups is 1. The smallest absolute Gasteiger partial charge is 0.282 e. The van der Waals surface area contributed by atoms with E-state index in [-0.39, 0.29) is 23.5 Å². The SMILES string of the molecule is CC1CCN(CN2C(=O)c3cccc([N+](=O)[O-])c3C2=O)CC1. The molecule has 7 nitrogen and oxygen atoms in total. The third-order valence-corrected chi connectivity index (χ3v) is 4.39. The van der Waals surface area contributed by atoms with E-state index in [1.807, 2.05) is 4.90 Å². The van der Waals surface area contributed by atoms with Crippen LogP contribution in [0, 0.1) is 16.0 Å². The number of rotatable bonds is 3. The molecular formula is C15H17N3O4. The van der Waals surface area contributed by atoms with Crippen molar-refractivity contribution < 1.29 is 14.5 Å². The van der Waals surface area contributed by atoms with Gasteiger partial charge < -0.3 is 0 Å². The topological polar surface area (TPSA) is 83.8 Å². The highest BCUT2D eigenvalue weighted by atomic mass is 16.6. The van der Waals surface area contributed by atoms with Crippen molar-refractivity contribution in [2.45, 2.75) is 19.8 Å². The lowest BCUT2D eigenvalue weighted by atomic mass is 10.00. The number of nitro groups is 1. The van der Waals surface area contributed by atoms with Gasteiger partial charge in [0.05, 0.1) is 17.2 Å². The van der Waals surface area contributed by atoms with Crippen LogP contribution in [0.4, 0.5) is 5.69 Å². The number of fused-ring (bicyclic) bond motifs is 1. The Morgan fingerprint density at radius 1 is 1.23 bits per heavy atom. The van der Waals surface area contributed by atoms with Gasteiger partial charge in [0.15, 0.2) is 0 Å². The molecule has 22 heavy (non-hydrogen) atoms. The lowest BCUT2D eigenvalue weighted by Crippen LogP contribution is -2.44. The Hall–Kier alpha value is -2.28. The Kier molecular flexibility index (Phi) is 3.66. The number of nitrogens with zero attached hydrogens (tertiary/aromatic N) is 3. The first-order chi connectivity index (χ1) is 10.5. The number of benzene rings is 1. The maximum atomic E-state index is 12.4. The molecule has 2 heterocycles. The number of likely N-dealkylation sites (tertiary alicyclic amines) is 1. The molecule has 1 aromatic carbocycles. The zero-order chi connectivity index (χ0) is 15.9. The maximum absolute atomic E-state index is 12.4. The van der Waals surface area contributed by atoms with Gasteiger partial charge in [0, 0.05) is 19.2 Å². The molecule has 0 atom stereocenters. The van der Waals surface area contributed by atoms with Crippen LogP contribution in [0.5, 0.6) is 0 Å². The van der Waals surface area contributed by atoms with Crippen molar-refractivity contribution in [1.82, 2.24) is 9.80 Å². The number of carbonyl (C=O) groups excluding carboxylic acids is 2. The quantitative estimate of drug-likeness (QED) is 0.483. The fourth-order valence-corrected chi connectivity index (χ4v) is 3.00. The summed E-state index contributed by atoms with van der Waals surface area (Å²) in [6.45, 7) is 4.05. The molecular weight excluding hydrogens is 286 g/mol. The summed E-state index contributed by atoms with van der Waals surface area (Å²) in [5.74, 6) is -0.354. The Morgan fingerprint density at radius 2 is 1.91 bits per heavy atom. The lowest BCUT2D eigenvalue weighted by Gasteiger charge is -2.32. The molecule has 0 saturated carbocycles. The van der Waals surface area contributed by atoms with Gasteiger partial charge in [0.2, 0.25) is 0 Å². The van der Waals surface area contributed by atoms with E-state index in [9.17, 15) is 19.7 Å². The standard InChI is InChI=1S/C15H17N3O4/c1-10-5-7-16(8-6-10)9-17-14(19)11-3-2-4-12(18(21)22)13(11)15(17)20/h2-4,10H,5-9H2,1H3. The molecule has 0 aromatic heterocycles. The molecule has 116 valence electrons. The van der Waals surface area contributed by atoms with E-state index in [1.54, 1.807) is 0 Å². The van der Waals surface area contributed by atoms with E-state index in [1.165, 1.54) is 18.2 Å². The largest absolute Gasteiger partial charge is 0.286 e. The number of hydrogen-bond acceptors (Lipinski definition) is 5. The van der Waals surface area contributed by atoms with E-state index >= 15 is 0 Å². The Morgan fingerprint density at radius 3 is 2.55 bits per heavy atom. The number of piperidine rings is 1. The number of nitro benzene ring substituents is 1. The van der Waals surface area contributed by atoms with Gasteiger partial charge in [0.25, 0.3) is 17.5 Å². The molecule has 7 heteroatoms. The van der Waals surface area contributed by atoms with Crippen LogP contribution in [0.25, 0.3) is 0 Å². The van der Waals surface area contributed by atoms with Crippen LogP contribution >= 0.6 is 0 Å². The van der Waals surface area contributed by atoms with E-state index in [0.717, 1.165) is 30.8 Å². The van der Waals surface area contributed by atoms with E-state index < -0.39 is 16.7 Å². The molecule has 0 aliphatic carbocycles.